The fourth-order valence-corrected chi connectivity index (χ4v) is 2.35. The molecule has 0 bridgehead atoms. The first-order valence-electron chi connectivity index (χ1n) is 6.66. The van der Waals surface area contributed by atoms with Crippen molar-refractivity contribution in [3.63, 3.8) is 0 Å². The van der Waals surface area contributed by atoms with Crippen LogP contribution in [0, 0.1) is 5.82 Å². The standard InChI is InChI=1S/C14H20FN3O2.2ClH/c1-20-13-3-2-11(8-12(13)15)10-17-4-6-18(7-5-17)14(19)9-16;;/h2-3,8H,4-7,9-10,16H2,1H3;2*1H. The van der Waals surface area contributed by atoms with Gasteiger partial charge in [0.1, 0.15) is 0 Å². The molecular formula is C14H22Cl2FN3O2. The molecule has 0 aromatic heterocycles. The SMILES string of the molecule is COc1ccc(CN2CCN(C(=O)CN)CC2)cc1F.Cl.Cl. The van der Waals surface area contributed by atoms with Crippen LogP contribution in [-0.4, -0.2) is 55.5 Å². The summed E-state index contributed by atoms with van der Waals surface area (Å²) in [5.74, 6) is -0.103. The number of hydrogen-bond donors (Lipinski definition) is 1. The van der Waals surface area contributed by atoms with Crippen LogP contribution < -0.4 is 10.5 Å². The highest BCUT2D eigenvalue weighted by Gasteiger charge is 2.20. The molecule has 0 radical (unpaired) electrons. The van der Waals surface area contributed by atoms with Crippen molar-refractivity contribution in [3.05, 3.63) is 29.6 Å². The van der Waals surface area contributed by atoms with E-state index in [1.807, 2.05) is 6.07 Å². The molecule has 0 aliphatic carbocycles. The fourth-order valence-electron chi connectivity index (χ4n) is 2.35. The Hall–Kier alpha value is -1.08. The number of halogens is 3. The van der Waals surface area contributed by atoms with E-state index in [9.17, 15) is 9.18 Å². The molecule has 8 heteroatoms. The third kappa shape index (κ3) is 5.28. The number of rotatable bonds is 4. The summed E-state index contributed by atoms with van der Waals surface area (Å²) in [5.41, 5.74) is 6.25. The van der Waals surface area contributed by atoms with Crippen LogP contribution in [0.3, 0.4) is 0 Å². The summed E-state index contributed by atoms with van der Waals surface area (Å²) < 4.78 is 18.5. The van der Waals surface area contributed by atoms with Gasteiger partial charge < -0.3 is 15.4 Å². The Kier molecular flexibility index (Phi) is 9.36. The lowest BCUT2D eigenvalue weighted by Crippen LogP contribution is -2.49. The average molecular weight is 354 g/mol. The van der Waals surface area contributed by atoms with E-state index in [4.69, 9.17) is 10.5 Å². The topological polar surface area (TPSA) is 58.8 Å². The minimum Gasteiger partial charge on any atom is -0.494 e. The molecule has 0 saturated carbocycles. The number of carbonyl (C=O) groups excluding carboxylic acids is 1. The lowest BCUT2D eigenvalue weighted by molar-refractivity contribution is -0.131. The van der Waals surface area contributed by atoms with Gasteiger partial charge in [0, 0.05) is 32.7 Å². The lowest BCUT2D eigenvalue weighted by Gasteiger charge is -2.34. The van der Waals surface area contributed by atoms with E-state index >= 15 is 0 Å². The molecule has 1 fully saturated rings. The van der Waals surface area contributed by atoms with Gasteiger partial charge >= 0.3 is 0 Å². The van der Waals surface area contributed by atoms with Crippen LogP contribution in [0.2, 0.25) is 0 Å². The first-order chi connectivity index (χ1) is 9.63. The van der Waals surface area contributed by atoms with E-state index in [1.54, 1.807) is 11.0 Å². The van der Waals surface area contributed by atoms with Crippen molar-refractivity contribution < 1.29 is 13.9 Å². The summed E-state index contributed by atoms with van der Waals surface area (Å²) in [6.07, 6.45) is 0. The number of piperazine rings is 1. The van der Waals surface area contributed by atoms with Crippen LogP contribution in [0.1, 0.15) is 5.56 Å². The number of nitrogens with two attached hydrogens (primary N) is 1. The van der Waals surface area contributed by atoms with Crippen LogP contribution in [0.25, 0.3) is 0 Å². The van der Waals surface area contributed by atoms with Crippen molar-refractivity contribution in [2.75, 3.05) is 39.8 Å². The molecule has 1 heterocycles. The zero-order valence-corrected chi connectivity index (χ0v) is 14.1. The van der Waals surface area contributed by atoms with E-state index in [1.165, 1.54) is 13.2 Å². The van der Waals surface area contributed by atoms with Crippen LogP contribution >= 0.6 is 24.8 Å². The Morgan fingerprint density at radius 1 is 1.27 bits per heavy atom. The monoisotopic (exact) mass is 353 g/mol. The zero-order valence-electron chi connectivity index (χ0n) is 12.5. The van der Waals surface area contributed by atoms with Gasteiger partial charge in [-0.05, 0) is 17.7 Å². The van der Waals surface area contributed by atoms with Crippen molar-refractivity contribution in [2.24, 2.45) is 5.73 Å². The predicted octanol–water partition coefficient (Wildman–Crippen LogP) is 1.28. The lowest BCUT2D eigenvalue weighted by atomic mass is 10.2. The molecule has 1 aliphatic rings. The number of amides is 1. The number of carbonyl (C=O) groups is 1. The predicted molar refractivity (Wildman–Crippen MR) is 88.4 cm³/mol. The smallest absolute Gasteiger partial charge is 0.236 e. The van der Waals surface area contributed by atoms with Gasteiger partial charge in [-0.1, -0.05) is 6.07 Å². The summed E-state index contributed by atoms with van der Waals surface area (Å²) in [6.45, 7) is 3.64. The summed E-state index contributed by atoms with van der Waals surface area (Å²) in [6, 6.07) is 4.99. The van der Waals surface area contributed by atoms with Gasteiger partial charge in [0.15, 0.2) is 11.6 Å². The highest BCUT2D eigenvalue weighted by atomic mass is 35.5. The number of nitrogens with zero attached hydrogens (tertiary/aromatic N) is 2. The Morgan fingerprint density at radius 2 is 1.91 bits per heavy atom. The van der Waals surface area contributed by atoms with Crippen molar-refractivity contribution in [1.29, 1.82) is 0 Å². The van der Waals surface area contributed by atoms with Gasteiger partial charge in [0.05, 0.1) is 13.7 Å². The van der Waals surface area contributed by atoms with Crippen molar-refractivity contribution in [2.45, 2.75) is 6.54 Å². The minimum atomic E-state index is -0.345. The highest BCUT2D eigenvalue weighted by molar-refractivity contribution is 5.85. The van der Waals surface area contributed by atoms with E-state index in [0.717, 1.165) is 18.7 Å². The molecule has 126 valence electrons. The van der Waals surface area contributed by atoms with Gasteiger partial charge in [-0.3, -0.25) is 9.69 Å². The van der Waals surface area contributed by atoms with Gasteiger partial charge in [-0.2, -0.15) is 0 Å². The summed E-state index contributed by atoms with van der Waals surface area (Å²) in [7, 11) is 1.45. The molecule has 2 rings (SSSR count). The van der Waals surface area contributed by atoms with Crippen molar-refractivity contribution >= 4 is 30.7 Å². The minimum absolute atomic E-state index is 0. The Balaban J connectivity index is 0.00000220. The normalized spacial score (nSPS) is 14.8. The van der Waals surface area contributed by atoms with Crippen molar-refractivity contribution in [3.8, 4) is 5.75 Å². The number of ether oxygens (including phenoxy) is 1. The number of hydrogen-bond acceptors (Lipinski definition) is 4. The molecule has 1 aliphatic heterocycles. The second-order valence-corrected chi connectivity index (χ2v) is 4.83. The van der Waals surface area contributed by atoms with Crippen LogP contribution in [0.5, 0.6) is 5.75 Å². The van der Waals surface area contributed by atoms with Crippen molar-refractivity contribution in [1.82, 2.24) is 9.80 Å². The first-order valence-corrected chi connectivity index (χ1v) is 6.66. The maximum absolute atomic E-state index is 13.6. The van der Waals surface area contributed by atoms with Gasteiger partial charge in [-0.25, -0.2) is 4.39 Å². The van der Waals surface area contributed by atoms with E-state index < -0.39 is 0 Å². The molecule has 22 heavy (non-hydrogen) atoms. The molecule has 0 unspecified atom stereocenters. The molecule has 1 aromatic carbocycles. The largest absolute Gasteiger partial charge is 0.494 e. The Labute approximate surface area is 142 Å². The molecule has 1 saturated heterocycles. The van der Waals surface area contributed by atoms with E-state index in [2.05, 4.69) is 4.90 Å². The van der Waals surface area contributed by atoms with E-state index in [-0.39, 0.29) is 48.8 Å². The fraction of sp³-hybridized carbons (Fsp3) is 0.500. The molecule has 1 aromatic rings. The van der Waals surface area contributed by atoms with Crippen LogP contribution in [0.4, 0.5) is 4.39 Å². The van der Waals surface area contributed by atoms with Gasteiger partial charge in [0.2, 0.25) is 5.91 Å². The Morgan fingerprint density at radius 3 is 2.41 bits per heavy atom. The molecule has 5 nitrogen and oxygen atoms in total. The zero-order chi connectivity index (χ0) is 14.5. The van der Waals surface area contributed by atoms with E-state index in [0.29, 0.717) is 19.6 Å². The molecule has 2 N–H and O–H groups in total. The summed E-state index contributed by atoms with van der Waals surface area (Å²) >= 11 is 0. The molecular weight excluding hydrogens is 332 g/mol. The summed E-state index contributed by atoms with van der Waals surface area (Å²) in [4.78, 5) is 15.4. The molecule has 0 spiro atoms. The van der Waals surface area contributed by atoms with Gasteiger partial charge in [-0.15, -0.1) is 24.8 Å². The van der Waals surface area contributed by atoms with Gasteiger partial charge in [0.25, 0.3) is 0 Å². The van der Waals surface area contributed by atoms with Crippen LogP contribution in [0.15, 0.2) is 18.2 Å². The van der Waals surface area contributed by atoms with Crippen LogP contribution in [-0.2, 0) is 11.3 Å². The Bertz CT molecular complexity index is 483. The second-order valence-electron chi connectivity index (χ2n) is 4.83. The number of methoxy groups -OCH3 is 1. The first kappa shape index (κ1) is 20.9. The third-order valence-corrected chi connectivity index (χ3v) is 3.52. The third-order valence-electron chi connectivity index (χ3n) is 3.52. The molecule has 1 amide bonds. The maximum atomic E-state index is 13.6. The second kappa shape index (κ2) is 9.84. The maximum Gasteiger partial charge on any atom is 0.236 e. The summed E-state index contributed by atoms with van der Waals surface area (Å²) in [5, 5.41) is 0. The molecule has 0 atom stereocenters. The quantitative estimate of drug-likeness (QED) is 0.885. The average Bonchev–Trinajstić information content (AvgIpc) is 2.47. The highest BCUT2D eigenvalue weighted by Crippen LogP contribution is 2.19. The number of benzene rings is 1.